The van der Waals surface area contributed by atoms with Crippen molar-refractivity contribution in [2.45, 2.75) is 19.3 Å². The minimum Gasteiger partial charge on any atom is -0.416 e. The van der Waals surface area contributed by atoms with E-state index >= 15 is 0 Å². The summed E-state index contributed by atoms with van der Waals surface area (Å²) in [5.41, 5.74) is 14.1. The van der Waals surface area contributed by atoms with Crippen molar-refractivity contribution >= 4 is 17.3 Å². The van der Waals surface area contributed by atoms with Gasteiger partial charge in [0.25, 0.3) is 0 Å². The first-order valence-electron chi connectivity index (χ1n) is 8.45. The second-order valence-electron chi connectivity index (χ2n) is 5.91. The number of benzene rings is 2. The molecule has 0 spiro atoms. The van der Waals surface area contributed by atoms with Crippen LogP contribution in [0.25, 0.3) is 22.9 Å². The standard InChI is InChI=1S/C19H21N5O2/c20-12-2-1-3-17(25)22-16-10-6-14(7-11-16)19-24-23-18(26-19)13-4-8-15(21)9-5-13/h4-11H,1-3,12,20-21H2,(H,22,25). The lowest BCUT2D eigenvalue weighted by atomic mass is 10.2. The van der Waals surface area contributed by atoms with E-state index in [-0.39, 0.29) is 5.91 Å². The van der Waals surface area contributed by atoms with Gasteiger partial charge in [-0.25, -0.2) is 0 Å². The van der Waals surface area contributed by atoms with Gasteiger partial charge < -0.3 is 21.2 Å². The SMILES string of the molecule is NCCCCC(=O)Nc1ccc(-c2nnc(-c3ccc(N)cc3)o2)cc1. The zero-order valence-corrected chi connectivity index (χ0v) is 14.3. The van der Waals surface area contributed by atoms with E-state index in [2.05, 4.69) is 15.5 Å². The number of nitrogens with zero attached hydrogens (tertiary/aromatic N) is 2. The van der Waals surface area contributed by atoms with Crippen LogP contribution in [0.1, 0.15) is 19.3 Å². The molecule has 0 radical (unpaired) electrons. The number of carbonyl (C=O) groups is 1. The summed E-state index contributed by atoms with van der Waals surface area (Å²) < 4.78 is 5.72. The normalized spacial score (nSPS) is 10.7. The Morgan fingerprint density at radius 1 is 0.923 bits per heavy atom. The minimum absolute atomic E-state index is 0.0189. The van der Waals surface area contributed by atoms with Crippen LogP contribution in [0.4, 0.5) is 11.4 Å². The highest BCUT2D eigenvalue weighted by atomic mass is 16.4. The molecule has 1 aromatic heterocycles. The van der Waals surface area contributed by atoms with Crippen molar-refractivity contribution in [3.8, 4) is 22.9 Å². The van der Waals surface area contributed by atoms with Crippen LogP contribution in [0.15, 0.2) is 52.9 Å². The van der Waals surface area contributed by atoms with Gasteiger partial charge in [-0.05, 0) is 67.9 Å². The quantitative estimate of drug-likeness (QED) is 0.444. The molecule has 7 heteroatoms. The molecule has 1 heterocycles. The molecule has 0 aliphatic heterocycles. The first-order valence-corrected chi connectivity index (χ1v) is 8.45. The van der Waals surface area contributed by atoms with Crippen LogP contribution < -0.4 is 16.8 Å². The number of aromatic nitrogens is 2. The number of unbranched alkanes of at least 4 members (excludes halogenated alkanes) is 1. The highest BCUT2D eigenvalue weighted by Crippen LogP contribution is 2.25. The van der Waals surface area contributed by atoms with Crippen molar-refractivity contribution in [2.75, 3.05) is 17.6 Å². The van der Waals surface area contributed by atoms with Crippen LogP contribution in [0.2, 0.25) is 0 Å². The van der Waals surface area contributed by atoms with E-state index in [0.29, 0.717) is 30.4 Å². The Balaban J connectivity index is 1.65. The molecule has 0 unspecified atom stereocenters. The highest BCUT2D eigenvalue weighted by molar-refractivity contribution is 5.90. The fourth-order valence-electron chi connectivity index (χ4n) is 2.43. The summed E-state index contributed by atoms with van der Waals surface area (Å²) >= 11 is 0. The van der Waals surface area contributed by atoms with E-state index < -0.39 is 0 Å². The Kier molecular flexibility index (Phi) is 5.60. The topological polar surface area (TPSA) is 120 Å². The molecule has 5 N–H and O–H groups in total. The number of anilines is 2. The highest BCUT2D eigenvalue weighted by Gasteiger charge is 2.11. The Morgan fingerprint density at radius 3 is 2.08 bits per heavy atom. The number of nitrogen functional groups attached to an aromatic ring is 1. The lowest BCUT2D eigenvalue weighted by Crippen LogP contribution is -2.11. The first kappa shape index (κ1) is 17.6. The van der Waals surface area contributed by atoms with Gasteiger partial charge in [0, 0.05) is 28.9 Å². The molecule has 0 fully saturated rings. The Labute approximate surface area is 151 Å². The summed E-state index contributed by atoms with van der Waals surface area (Å²) in [6.07, 6.45) is 2.10. The summed E-state index contributed by atoms with van der Waals surface area (Å²) in [6, 6.07) is 14.5. The second-order valence-corrected chi connectivity index (χ2v) is 5.91. The maximum atomic E-state index is 11.8. The van der Waals surface area contributed by atoms with Crippen molar-refractivity contribution in [1.82, 2.24) is 10.2 Å². The first-order chi connectivity index (χ1) is 12.7. The van der Waals surface area contributed by atoms with Crippen LogP contribution >= 0.6 is 0 Å². The molecule has 0 aliphatic rings. The number of amides is 1. The molecule has 7 nitrogen and oxygen atoms in total. The van der Waals surface area contributed by atoms with Crippen LogP contribution in [-0.4, -0.2) is 22.6 Å². The molecule has 0 saturated carbocycles. The van der Waals surface area contributed by atoms with Crippen molar-refractivity contribution in [3.05, 3.63) is 48.5 Å². The van der Waals surface area contributed by atoms with Gasteiger partial charge in [0.2, 0.25) is 17.7 Å². The third-order valence-electron chi connectivity index (χ3n) is 3.86. The summed E-state index contributed by atoms with van der Waals surface area (Å²) in [6.45, 7) is 0.602. The predicted octanol–water partition coefficient (Wildman–Crippen LogP) is 3.05. The van der Waals surface area contributed by atoms with Gasteiger partial charge in [-0.1, -0.05) is 0 Å². The van der Waals surface area contributed by atoms with Gasteiger partial charge in [-0.2, -0.15) is 0 Å². The van der Waals surface area contributed by atoms with E-state index in [1.165, 1.54) is 0 Å². The Morgan fingerprint density at radius 2 is 1.50 bits per heavy atom. The van der Waals surface area contributed by atoms with E-state index in [1.807, 2.05) is 36.4 Å². The van der Waals surface area contributed by atoms with Gasteiger partial charge in [0.1, 0.15) is 0 Å². The van der Waals surface area contributed by atoms with Crippen LogP contribution in [0.3, 0.4) is 0 Å². The fraction of sp³-hybridized carbons (Fsp3) is 0.211. The van der Waals surface area contributed by atoms with Crippen molar-refractivity contribution in [2.24, 2.45) is 5.73 Å². The van der Waals surface area contributed by atoms with E-state index in [0.717, 1.165) is 29.7 Å². The molecule has 2 aromatic carbocycles. The summed E-state index contributed by atoms with van der Waals surface area (Å²) in [5.74, 6) is 0.824. The van der Waals surface area contributed by atoms with Gasteiger partial charge in [0.15, 0.2) is 0 Å². The average Bonchev–Trinajstić information content (AvgIpc) is 3.13. The lowest BCUT2D eigenvalue weighted by Gasteiger charge is -2.05. The number of nitrogens with one attached hydrogen (secondary N) is 1. The molecular formula is C19H21N5O2. The van der Waals surface area contributed by atoms with Gasteiger partial charge in [-0.3, -0.25) is 4.79 Å². The molecule has 3 rings (SSSR count). The summed E-state index contributed by atoms with van der Waals surface area (Å²) in [5, 5.41) is 11.0. The molecule has 0 saturated heterocycles. The maximum Gasteiger partial charge on any atom is 0.248 e. The smallest absolute Gasteiger partial charge is 0.248 e. The molecule has 0 aliphatic carbocycles. The van der Waals surface area contributed by atoms with Gasteiger partial charge in [-0.15, -0.1) is 10.2 Å². The number of nitrogens with two attached hydrogens (primary N) is 2. The van der Waals surface area contributed by atoms with Gasteiger partial charge >= 0.3 is 0 Å². The predicted molar refractivity (Wildman–Crippen MR) is 101 cm³/mol. The monoisotopic (exact) mass is 351 g/mol. The second kappa shape index (κ2) is 8.26. The average molecular weight is 351 g/mol. The van der Waals surface area contributed by atoms with Crippen LogP contribution in [0.5, 0.6) is 0 Å². The third kappa shape index (κ3) is 4.46. The molecule has 134 valence electrons. The van der Waals surface area contributed by atoms with E-state index in [4.69, 9.17) is 15.9 Å². The van der Waals surface area contributed by atoms with E-state index in [1.54, 1.807) is 12.1 Å². The molecule has 3 aromatic rings. The number of hydrogen-bond acceptors (Lipinski definition) is 6. The lowest BCUT2D eigenvalue weighted by molar-refractivity contribution is -0.116. The van der Waals surface area contributed by atoms with Crippen LogP contribution in [-0.2, 0) is 4.79 Å². The molecule has 1 amide bonds. The molecule has 26 heavy (non-hydrogen) atoms. The molecule has 0 bridgehead atoms. The van der Waals surface area contributed by atoms with E-state index in [9.17, 15) is 4.79 Å². The number of rotatable bonds is 7. The fourth-order valence-corrected chi connectivity index (χ4v) is 2.43. The van der Waals surface area contributed by atoms with Crippen molar-refractivity contribution in [3.63, 3.8) is 0 Å². The van der Waals surface area contributed by atoms with Crippen LogP contribution in [0, 0.1) is 0 Å². The Hall–Kier alpha value is -3.19. The van der Waals surface area contributed by atoms with Crippen molar-refractivity contribution in [1.29, 1.82) is 0 Å². The molecular weight excluding hydrogens is 330 g/mol. The van der Waals surface area contributed by atoms with Gasteiger partial charge in [0.05, 0.1) is 0 Å². The summed E-state index contributed by atoms with van der Waals surface area (Å²) in [4.78, 5) is 11.8. The zero-order chi connectivity index (χ0) is 18.4. The zero-order valence-electron chi connectivity index (χ0n) is 14.3. The largest absolute Gasteiger partial charge is 0.416 e. The van der Waals surface area contributed by atoms with Crippen molar-refractivity contribution < 1.29 is 9.21 Å². The minimum atomic E-state index is -0.0189. The number of hydrogen-bond donors (Lipinski definition) is 3. The maximum absolute atomic E-state index is 11.8. The molecule has 0 atom stereocenters. The Bertz CT molecular complexity index is 856. The summed E-state index contributed by atoms with van der Waals surface area (Å²) in [7, 11) is 0. The number of carbonyl (C=O) groups excluding carboxylic acids is 1. The third-order valence-corrected chi connectivity index (χ3v) is 3.86.